The molecule has 13 heteroatoms. The molecule has 1 amide bonds. The second-order valence-electron chi connectivity index (χ2n) is 5.61. The van der Waals surface area contributed by atoms with E-state index in [2.05, 4.69) is 5.32 Å². The number of non-ortho nitro benzene ring substituents is 1. The van der Waals surface area contributed by atoms with Gasteiger partial charge in [0.2, 0.25) is 5.75 Å². The van der Waals surface area contributed by atoms with Gasteiger partial charge in [-0.1, -0.05) is 12.1 Å². The van der Waals surface area contributed by atoms with Crippen LogP contribution >= 0.6 is 0 Å². The maximum Gasteiger partial charge on any atom is 0.376 e. The average Bonchev–Trinajstić information content (AvgIpc) is 2.67. The van der Waals surface area contributed by atoms with Crippen molar-refractivity contribution in [1.82, 2.24) is 0 Å². The molecule has 30 heavy (non-hydrogen) atoms. The van der Waals surface area contributed by atoms with Crippen LogP contribution in [-0.4, -0.2) is 42.8 Å². The van der Waals surface area contributed by atoms with E-state index >= 15 is 0 Å². The number of phenols is 1. The molecule has 0 spiro atoms. The molecule has 13 nitrogen and oxygen atoms in total. The lowest BCUT2D eigenvalue weighted by Crippen LogP contribution is -2.13. The van der Waals surface area contributed by atoms with Crippen LogP contribution in [0.4, 0.5) is 17.1 Å². The minimum absolute atomic E-state index is 0.0335. The molecule has 0 aromatic heterocycles. The number of nitrogens with zero attached hydrogens (tertiary/aromatic N) is 2. The predicted molar refractivity (Wildman–Crippen MR) is 99.1 cm³/mol. The molecule has 0 aliphatic heterocycles. The van der Waals surface area contributed by atoms with Crippen LogP contribution in [0.25, 0.3) is 5.76 Å². The average molecular weight is 417 g/mol. The number of aliphatic carboxylic acids is 1. The maximum absolute atomic E-state index is 12.4. The number of carboxylic acid groups (broad SMARTS) is 1. The standard InChI is InChI=1S/C17H11N3O10/c21-13(7-14(22)17(25)26)8-2-1-3-9(4-8)18-16(24)11-5-10(19(27)28)6-12(15(11)23)20(29)30/h1-7,21,23H,(H,18,24)(H,25,26)/b13-7-. The SMILES string of the molecule is O=C(O)C(=O)/C=C(\O)c1cccc(NC(=O)c2cc([N+](=O)[O-])cc([N+](=O)[O-])c2O)c1. The van der Waals surface area contributed by atoms with Crippen molar-refractivity contribution in [3.8, 4) is 5.75 Å². The van der Waals surface area contributed by atoms with Gasteiger partial charge in [-0.05, 0) is 12.1 Å². The first-order valence-corrected chi connectivity index (χ1v) is 7.76. The molecule has 2 rings (SSSR count). The molecular formula is C17H11N3O10. The Balaban J connectivity index is 2.40. The monoisotopic (exact) mass is 417 g/mol. The Morgan fingerprint density at radius 2 is 1.67 bits per heavy atom. The number of aliphatic hydroxyl groups excluding tert-OH is 1. The van der Waals surface area contributed by atoms with Crippen molar-refractivity contribution in [2.75, 3.05) is 5.32 Å². The fourth-order valence-corrected chi connectivity index (χ4v) is 2.25. The number of carbonyl (C=O) groups excluding carboxylic acids is 2. The summed E-state index contributed by atoms with van der Waals surface area (Å²) >= 11 is 0. The Morgan fingerprint density at radius 3 is 2.23 bits per heavy atom. The number of nitrogens with one attached hydrogen (secondary N) is 1. The molecule has 0 saturated carbocycles. The number of carbonyl (C=O) groups is 3. The van der Waals surface area contributed by atoms with Crippen molar-refractivity contribution in [3.63, 3.8) is 0 Å². The van der Waals surface area contributed by atoms with Gasteiger partial charge in [-0.25, -0.2) is 4.79 Å². The van der Waals surface area contributed by atoms with Crippen LogP contribution < -0.4 is 5.32 Å². The van der Waals surface area contributed by atoms with E-state index in [1.54, 1.807) is 0 Å². The highest BCUT2D eigenvalue weighted by Crippen LogP contribution is 2.34. The van der Waals surface area contributed by atoms with Gasteiger partial charge in [0.05, 0.1) is 21.5 Å². The van der Waals surface area contributed by atoms with Crippen LogP contribution in [-0.2, 0) is 9.59 Å². The Morgan fingerprint density at radius 1 is 1.00 bits per heavy atom. The number of phenolic OH excluding ortho intramolecular Hbond substituents is 1. The van der Waals surface area contributed by atoms with Gasteiger partial charge in [-0.2, -0.15) is 0 Å². The lowest BCUT2D eigenvalue weighted by Gasteiger charge is -2.09. The summed E-state index contributed by atoms with van der Waals surface area (Å²) in [5.41, 5.74) is -2.69. The van der Waals surface area contributed by atoms with Crippen LogP contribution in [0.15, 0.2) is 42.5 Å². The third kappa shape index (κ3) is 4.72. The highest BCUT2D eigenvalue weighted by atomic mass is 16.6. The van der Waals surface area contributed by atoms with Gasteiger partial charge < -0.3 is 20.6 Å². The molecule has 0 heterocycles. The summed E-state index contributed by atoms with van der Waals surface area (Å²) in [6.45, 7) is 0. The van der Waals surface area contributed by atoms with E-state index in [1.807, 2.05) is 0 Å². The van der Waals surface area contributed by atoms with Crippen molar-refractivity contribution < 1.29 is 39.5 Å². The van der Waals surface area contributed by atoms with Gasteiger partial charge in [0, 0.05) is 23.4 Å². The van der Waals surface area contributed by atoms with Crippen LogP contribution in [0.5, 0.6) is 5.75 Å². The molecule has 0 aliphatic rings. The van der Waals surface area contributed by atoms with Crippen LogP contribution in [0.1, 0.15) is 15.9 Å². The van der Waals surface area contributed by atoms with Gasteiger partial charge in [-0.3, -0.25) is 29.8 Å². The molecule has 0 fully saturated rings. The van der Waals surface area contributed by atoms with E-state index < -0.39 is 56.0 Å². The molecule has 0 atom stereocenters. The summed E-state index contributed by atoms with van der Waals surface area (Å²) < 4.78 is 0. The third-order valence-electron chi connectivity index (χ3n) is 3.62. The number of ketones is 1. The highest BCUT2D eigenvalue weighted by molar-refractivity contribution is 6.38. The lowest BCUT2D eigenvalue weighted by atomic mass is 10.1. The molecule has 2 aromatic rings. The number of nitro benzene ring substituents is 2. The predicted octanol–water partition coefficient (Wildman–Crippen LogP) is 2.01. The number of hydrogen-bond donors (Lipinski definition) is 4. The van der Waals surface area contributed by atoms with E-state index in [4.69, 9.17) is 5.11 Å². The number of aromatic hydroxyl groups is 1. The Hall–Kier alpha value is -4.81. The van der Waals surface area contributed by atoms with Crippen molar-refractivity contribution in [2.45, 2.75) is 0 Å². The number of amides is 1. The quantitative estimate of drug-likeness (QED) is 0.169. The largest absolute Gasteiger partial charge is 0.507 e. The molecule has 0 saturated heterocycles. The Kier molecular flexibility index (Phi) is 6.07. The van der Waals surface area contributed by atoms with Crippen molar-refractivity contribution in [3.05, 3.63) is 73.8 Å². The zero-order valence-corrected chi connectivity index (χ0v) is 14.6. The molecule has 0 radical (unpaired) electrons. The summed E-state index contributed by atoms with van der Waals surface area (Å²) in [4.78, 5) is 53.9. The van der Waals surface area contributed by atoms with E-state index in [-0.39, 0.29) is 11.3 Å². The zero-order valence-electron chi connectivity index (χ0n) is 14.6. The molecule has 0 aliphatic carbocycles. The first-order valence-electron chi connectivity index (χ1n) is 7.76. The van der Waals surface area contributed by atoms with Crippen molar-refractivity contribution in [1.29, 1.82) is 0 Å². The van der Waals surface area contributed by atoms with Gasteiger partial charge in [-0.15, -0.1) is 0 Å². The number of carboxylic acids is 1. The van der Waals surface area contributed by atoms with Gasteiger partial charge in [0.15, 0.2) is 0 Å². The molecular weight excluding hydrogens is 406 g/mol. The number of hydrogen-bond acceptors (Lipinski definition) is 9. The molecule has 0 bridgehead atoms. The van der Waals surface area contributed by atoms with E-state index in [1.165, 1.54) is 18.2 Å². The summed E-state index contributed by atoms with van der Waals surface area (Å²) in [5.74, 6) is -6.13. The molecule has 0 unspecified atom stereocenters. The molecule has 4 N–H and O–H groups in total. The number of nitro groups is 2. The van der Waals surface area contributed by atoms with Crippen molar-refractivity contribution in [2.24, 2.45) is 0 Å². The van der Waals surface area contributed by atoms with E-state index in [0.717, 1.165) is 6.07 Å². The normalized spacial score (nSPS) is 10.9. The fourth-order valence-electron chi connectivity index (χ4n) is 2.25. The first kappa shape index (κ1) is 21.5. The second-order valence-corrected chi connectivity index (χ2v) is 5.61. The topological polar surface area (TPSA) is 210 Å². The van der Waals surface area contributed by atoms with Gasteiger partial charge in [0.1, 0.15) is 5.76 Å². The summed E-state index contributed by atoms with van der Waals surface area (Å²) in [6, 6.07) is 6.17. The summed E-state index contributed by atoms with van der Waals surface area (Å²) in [7, 11) is 0. The fraction of sp³-hybridized carbons (Fsp3) is 0. The number of aliphatic hydroxyl groups is 1. The summed E-state index contributed by atoms with van der Waals surface area (Å²) in [6.07, 6.45) is 0.443. The summed E-state index contributed by atoms with van der Waals surface area (Å²) in [5, 5.41) is 52.4. The van der Waals surface area contributed by atoms with Crippen LogP contribution in [0.2, 0.25) is 0 Å². The van der Waals surface area contributed by atoms with E-state index in [9.17, 15) is 44.8 Å². The third-order valence-corrected chi connectivity index (χ3v) is 3.62. The smallest absolute Gasteiger partial charge is 0.376 e. The lowest BCUT2D eigenvalue weighted by molar-refractivity contribution is -0.394. The van der Waals surface area contributed by atoms with Gasteiger partial charge in [0.25, 0.3) is 17.4 Å². The number of rotatable bonds is 7. The molecule has 2 aromatic carbocycles. The number of benzene rings is 2. The Bertz CT molecular complexity index is 1120. The molecule has 154 valence electrons. The van der Waals surface area contributed by atoms with Gasteiger partial charge >= 0.3 is 11.7 Å². The zero-order chi connectivity index (χ0) is 22.6. The van der Waals surface area contributed by atoms with Crippen LogP contribution in [0, 0.1) is 20.2 Å². The maximum atomic E-state index is 12.4. The van der Waals surface area contributed by atoms with Crippen molar-refractivity contribution >= 4 is 40.5 Å². The minimum Gasteiger partial charge on any atom is -0.507 e. The van der Waals surface area contributed by atoms with E-state index in [0.29, 0.717) is 18.2 Å². The Labute approximate surface area is 165 Å². The second kappa shape index (κ2) is 8.47. The highest BCUT2D eigenvalue weighted by Gasteiger charge is 2.27. The first-order chi connectivity index (χ1) is 14.0. The number of anilines is 1. The minimum atomic E-state index is -1.80. The van der Waals surface area contributed by atoms with Crippen LogP contribution in [0.3, 0.4) is 0 Å².